The van der Waals surface area contributed by atoms with E-state index in [0.717, 1.165) is 6.07 Å². The van der Waals surface area contributed by atoms with E-state index in [1.54, 1.807) is 4.90 Å². The summed E-state index contributed by atoms with van der Waals surface area (Å²) >= 11 is 0. The quantitative estimate of drug-likeness (QED) is 0.352. The number of hydrazine groups is 1. The lowest BCUT2D eigenvalue weighted by molar-refractivity contribution is -0.133. The highest BCUT2D eigenvalue weighted by Gasteiger charge is 2.44. The molecule has 3 aliphatic heterocycles. The molecule has 4 atom stereocenters. The Morgan fingerprint density at radius 2 is 2.10 bits per heavy atom. The first-order chi connectivity index (χ1) is 14.3. The monoisotopic (exact) mass is 423 g/mol. The number of alkyl halides is 1. The number of nitrogens with two attached hydrogens (primary N) is 1. The Hall–Kier alpha value is -2.76. The number of aliphatic hydroxyl groups excluding tert-OH is 1. The van der Waals surface area contributed by atoms with Crippen molar-refractivity contribution in [3.8, 4) is 0 Å². The maximum Gasteiger partial charge on any atom is 0.336 e. The lowest BCUT2D eigenvalue weighted by atomic mass is 9.96. The summed E-state index contributed by atoms with van der Waals surface area (Å²) in [5.41, 5.74) is 6.79. The van der Waals surface area contributed by atoms with Gasteiger partial charge >= 0.3 is 5.97 Å². The Balaban J connectivity index is 1.72. The lowest BCUT2D eigenvalue weighted by Crippen LogP contribution is -2.33. The fourth-order valence-corrected chi connectivity index (χ4v) is 3.79. The molecule has 162 valence electrons. The molecule has 3 unspecified atom stereocenters. The topological polar surface area (TPSA) is 115 Å². The van der Waals surface area contributed by atoms with E-state index in [1.165, 1.54) is 22.3 Å². The number of benzene rings is 1. The number of fused-ring (bicyclic) bond motifs is 1. The highest BCUT2D eigenvalue weighted by atomic mass is 19.1. The molecule has 4 rings (SSSR count). The van der Waals surface area contributed by atoms with Crippen LogP contribution in [0.5, 0.6) is 0 Å². The molecule has 11 heteroatoms. The van der Waals surface area contributed by atoms with Gasteiger partial charge in [-0.25, -0.2) is 13.6 Å². The number of aliphatic hydroxyl groups is 1. The van der Waals surface area contributed by atoms with Gasteiger partial charge in [-0.2, -0.15) is 5.01 Å². The molecule has 3 heterocycles. The van der Waals surface area contributed by atoms with Crippen molar-refractivity contribution in [3.05, 3.63) is 35.3 Å². The molecule has 1 aromatic rings. The van der Waals surface area contributed by atoms with Crippen LogP contribution in [0.4, 0.5) is 20.2 Å². The number of carboxylic acid groups (broad SMARTS) is 1. The Labute approximate surface area is 171 Å². The van der Waals surface area contributed by atoms with Gasteiger partial charge in [-0.05, 0) is 19.1 Å². The van der Waals surface area contributed by atoms with E-state index in [-0.39, 0.29) is 29.3 Å². The molecule has 0 aliphatic carbocycles. The molecule has 0 amide bonds. The van der Waals surface area contributed by atoms with Crippen LogP contribution in [-0.2, 0) is 9.63 Å². The highest BCUT2D eigenvalue weighted by Crippen LogP contribution is 2.43. The predicted molar refractivity (Wildman–Crippen MR) is 105 cm³/mol. The molecule has 2 fully saturated rings. The zero-order valence-electron chi connectivity index (χ0n) is 16.3. The van der Waals surface area contributed by atoms with Crippen LogP contribution in [0.25, 0.3) is 0 Å². The van der Waals surface area contributed by atoms with Gasteiger partial charge in [0.05, 0.1) is 35.7 Å². The van der Waals surface area contributed by atoms with Gasteiger partial charge in [0.2, 0.25) is 0 Å². The van der Waals surface area contributed by atoms with Crippen LogP contribution in [0.15, 0.2) is 29.1 Å². The first-order valence-electron chi connectivity index (χ1n) is 9.65. The molecule has 3 aliphatic rings. The van der Waals surface area contributed by atoms with Gasteiger partial charge in [-0.3, -0.25) is 5.01 Å². The molecule has 1 aromatic carbocycles. The van der Waals surface area contributed by atoms with Crippen LogP contribution in [-0.4, -0.2) is 66.0 Å². The van der Waals surface area contributed by atoms with Crippen molar-refractivity contribution in [2.24, 2.45) is 16.8 Å². The molecule has 2 saturated heterocycles. The van der Waals surface area contributed by atoms with Gasteiger partial charge in [-0.15, -0.1) is 0 Å². The molecule has 0 spiro atoms. The second-order valence-corrected chi connectivity index (χ2v) is 7.37. The number of hydrogen-bond acceptors (Lipinski definition) is 8. The molecular formula is C19H23F2N5O4. The van der Waals surface area contributed by atoms with Crippen molar-refractivity contribution in [1.29, 1.82) is 0 Å². The molecular weight excluding hydrogens is 400 g/mol. The molecule has 0 aromatic heterocycles. The lowest BCUT2D eigenvalue weighted by Gasteiger charge is -2.33. The van der Waals surface area contributed by atoms with Crippen molar-refractivity contribution in [2.45, 2.75) is 19.3 Å². The van der Waals surface area contributed by atoms with E-state index >= 15 is 4.39 Å². The van der Waals surface area contributed by atoms with E-state index in [0.29, 0.717) is 37.6 Å². The normalized spacial score (nSPS) is 29.1. The van der Waals surface area contributed by atoms with Crippen LogP contribution in [0.2, 0.25) is 0 Å². The summed E-state index contributed by atoms with van der Waals surface area (Å²) in [6.07, 6.45) is -1.63. The third-order valence-electron chi connectivity index (χ3n) is 5.45. The molecule has 0 saturated carbocycles. The second-order valence-electron chi connectivity index (χ2n) is 7.37. The first kappa shape index (κ1) is 20.5. The van der Waals surface area contributed by atoms with Gasteiger partial charge in [0.15, 0.2) is 6.30 Å². The summed E-state index contributed by atoms with van der Waals surface area (Å²) < 4.78 is 28.8. The van der Waals surface area contributed by atoms with E-state index in [2.05, 4.69) is 5.16 Å². The number of aliphatic carboxylic acids is 1. The number of rotatable bonds is 6. The SMILES string of the molecule is CCO/N=C1\CN(c2cc3c(cc2F)C(O)C(C(=O)O)=CN3N2C[C@@H]2F)CC1CN. The second kappa shape index (κ2) is 7.82. The fraction of sp³-hybridized carbons (Fsp3) is 0.474. The smallest absolute Gasteiger partial charge is 0.336 e. The van der Waals surface area contributed by atoms with Gasteiger partial charge in [0.25, 0.3) is 0 Å². The summed E-state index contributed by atoms with van der Waals surface area (Å²) in [5.74, 6) is -2.09. The summed E-state index contributed by atoms with van der Waals surface area (Å²) in [4.78, 5) is 18.4. The third kappa shape index (κ3) is 3.48. The zero-order valence-corrected chi connectivity index (χ0v) is 16.3. The van der Waals surface area contributed by atoms with Crippen molar-refractivity contribution in [3.63, 3.8) is 0 Å². The molecule has 9 nitrogen and oxygen atoms in total. The average Bonchev–Trinajstić information content (AvgIpc) is 3.29. The number of oxime groups is 1. The number of nitrogens with zero attached hydrogens (tertiary/aromatic N) is 4. The summed E-state index contributed by atoms with van der Waals surface area (Å²) in [6, 6.07) is 2.59. The average molecular weight is 423 g/mol. The number of halogens is 2. The largest absolute Gasteiger partial charge is 0.478 e. The summed E-state index contributed by atoms with van der Waals surface area (Å²) in [6.45, 7) is 3.34. The Morgan fingerprint density at radius 3 is 2.70 bits per heavy atom. The third-order valence-corrected chi connectivity index (χ3v) is 5.45. The van der Waals surface area contributed by atoms with Crippen LogP contribution < -0.4 is 15.6 Å². The van der Waals surface area contributed by atoms with Gasteiger partial charge in [-0.1, -0.05) is 5.16 Å². The van der Waals surface area contributed by atoms with Crippen LogP contribution in [0.1, 0.15) is 18.6 Å². The minimum absolute atomic E-state index is 0.0630. The van der Waals surface area contributed by atoms with Gasteiger partial charge < -0.3 is 25.7 Å². The fourth-order valence-electron chi connectivity index (χ4n) is 3.79. The van der Waals surface area contributed by atoms with E-state index in [9.17, 15) is 19.4 Å². The number of anilines is 2. The Bertz CT molecular complexity index is 924. The molecule has 0 radical (unpaired) electrons. The van der Waals surface area contributed by atoms with Gasteiger partial charge in [0.1, 0.15) is 18.5 Å². The number of carbonyl (C=O) groups is 1. The van der Waals surface area contributed by atoms with Crippen molar-refractivity contribution in [1.82, 2.24) is 5.01 Å². The van der Waals surface area contributed by atoms with E-state index < -0.39 is 24.2 Å². The van der Waals surface area contributed by atoms with Crippen LogP contribution >= 0.6 is 0 Å². The maximum absolute atomic E-state index is 15.0. The Kier molecular flexibility index (Phi) is 5.35. The van der Waals surface area contributed by atoms with Crippen molar-refractivity contribution < 1.29 is 28.6 Å². The summed E-state index contributed by atoms with van der Waals surface area (Å²) in [7, 11) is 0. The van der Waals surface area contributed by atoms with Gasteiger partial charge in [0, 0.05) is 30.8 Å². The maximum atomic E-state index is 15.0. The van der Waals surface area contributed by atoms with Crippen LogP contribution in [0, 0.1) is 11.7 Å². The van der Waals surface area contributed by atoms with E-state index in [4.69, 9.17) is 10.6 Å². The summed E-state index contributed by atoms with van der Waals surface area (Å²) in [5, 5.41) is 26.5. The molecule has 4 N–H and O–H groups in total. The van der Waals surface area contributed by atoms with E-state index in [1.807, 2.05) is 6.92 Å². The minimum Gasteiger partial charge on any atom is -0.478 e. The predicted octanol–water partition coefficient (Wildman–Crippen LogP) is 0.961. The first-order valence-corrected chi connectivity index (χ1v) is 9.65. The minimum atomic E-state index is -1.53. The zero-order chi connectivity index (χ0) is 21.6. The number of carboxylic acids is 1. The molecule has 30 heavy (non-hydrogen) atoms. The Morgan fingerprint density at radius 1 is 1.37 bits per heavy atom. The highest BCUT2D eigenvalue weighted by molar-refractivity contribution is 5.95. The van der Waals surface area contributed by atoms with Crippen molar-refractivity contribution >= 4 is 23.1 Å². The van der Waals surface area contributed by atoms with Crippen molar-refractivity contribution in [2.75, 3.05) is 42.7 Å². The standard InChI is InChI=1S/C19H23F2N5O4/c1-2-30-23-14-8-24(6-10(14)5-22)16-4-15-11(3-13(16)20)18(27)12(19(28)29)7-25(15)26-9-17(26)21/h3-4,7,10,17-18,27H,2,5-6,8-9,22H2,1H3,(H,28,29)/b23-14+/t10?,17-,18?,26?/m1/s1. The molecule has 0 bridgehead atoms. The number of hydrogen-bond donors (Lipinski definition) is 3. The van der Waals surface area contributed by atoms with Crippen LogP contribution in [0.3, 0.4) is 0 Å².